The molecule has 6 rings (SSSR count). The molecule has 2 atom stereocenters. The van der Waals surface area contributed by atoms with Crippen molar-refractivity contribution in [3.8, 4) is 11.3 Å². The summed E-state index contributed by atoms with van der Waals surface area (Å²) in [5.74, 6) is -0.965. The van der Waals surface area contributed by atoms with Crippen molar-refractivity contribution in [2.45, 2.75) is 18.8 Å². The fraction of sp³-hybridized carbons (Fsp3) is 0.250. The van der Waals surface area contributed by atoms with Crippen LogP contribution in [0.5, 0.6) is 0 Å². The third-order valence-corrected chi connectivity index (χ3v) is 9.14. The van der Waals surface area contributed by atoms with Crippen molar-refractivity contribution in [2.75, 3.05) is 37.7 Å². The Hall–Kier alpha value is -4.68. The lowest BCUT2D eigenvalue weighted by molar-refractivity contribution is 0.0702. The number of fused-ring (bicyclic) bond motifs is 2. The van der Waals surface area contributed by atoms with Crippen molar-refractivity contribution in [1.82, 2.24) is 20.4 Å². The van der Waals surface area contributed by atoms with Gasteiger partial charge < -0.3 is 19.2 Å². The number of nitrogens with one attached hydrogen (secondary N) is 2. The summed E-state index contributed by atoms with van der Waals surface area (Å²) in [6.45, 7) is 0.843. The normalized spacial score (nSPS) is 15.8. The zero-order chi connectivity index (χ0) is 31.1. The van der Waals surface area contributed by atoms with Gasteiger partial charge in [0.2, 0.25) is 0 Å². The van der Waals surface area contributed by atoms with Crippen molar-refractivity contribution in [1.29, 1.82) is 0 Å². The van der Waals surface area contributed by atoms with E-state index in [2.05, 4.69) is 15.5 Å². The van der Waals surface area contributed by atoms with Gasteiger partial charge in [0, 0.05) is 48.5 Å². The number of H-pyrrole nitrogens is 1. The van der Waals surface area contributed by atoms with Crippen molar-refractivity contribution in [3.63, 3.8) is 0 Å². The second-order valence-electron chi connectivity index (χ2n) is 10.8. The lowest BCUT2D eigenvalue weighted by atomic mass is 9.87. The number of furan rings is 1. The molecule has 1 unspecified atom stereocenters. The number of aromatic nitrogens is 2. The summed E-state index contributed by atoms with van der Waals surface area (Å²) in [6, 6.07) is 16.2. The molecule has 5 aromatic rings. The van der Waals surface area contributed by atoms with E-state index in [9.17, 15) is 23.3 Å². The highest BCUT2D eigenvalue weighted by Gasteiger charge is 2.32. The zero-order valence-corrected chi connectivity index (χ0v) is 25.2. The average Bonchev–Trinajstić information content (AvgIpc) is 3.42. The minimum absolute atomic E-state index is 0.170. The Morgan fingerprint density at radius 3 is 2.57 bits per heavy atom. The summed E-state index contributed by atoms with van der Waals surface area (Å²) < 4.78 is 34.3. The molecule has 3 aromatic carbocycles. The second-order valence-corrected chi connectivity index (χ2v) is 12.2. The van der Waals surface area contributed by atoms with E-state index < -0.39 is 17.2 Å². The first-order chi connectivity index (χ1) is 21.2. The number of benzene rings is 3. The van der Waals surface area contributed by atoms with Gasteiger partial charge in [0.25, 0.3) is 17.4 Å². The number of halogens is 1. The molecule has 1 saturated heterocycles. The number of nitrogens with zero attached hydrogens (tertiary/aromatic N) is 3. The van der Waals surface area contributed by atoms with Gasteiger partial charge in [-0.3, -0.25) is 14.4 Å². The number of hydrogen-bond acceptors (Lipinski definition) is 7. The number of carbonyl (C=O) groups is 2. The van der Waals surface area contributed by atoms with Crippen LogP contribution in [0.3, 0.4) is 0 Å². The topological polar surface area (TPSA) is 135 Å². The van der Waals surface area contributed by atoms with Crippen LogP contribution in [-0.2, 0) is 11.4 Å². The monoisotopic (exact) mass is 615 g/mol. The highest BCUT2D eigenvalue weighted by atomic mass is 32.2. The van der Waals surface area contributed by atoms with Crippen LogP contribution >= 0.6 is 0 Å². The van der Waals surface area contributed by atoms with E-state index >= 15 is 0 Å². The number of aromatic amines is 1. The van der Waals surface area contributed by atoms with E-state index in [4.69, 9.17) is 4.42 Å². The lowest BCUT2D eigenvalue weighted by Gasteiger charge is -2.34. The van der Waals surface area contributed by atoms with E-state index in [-0.39, 0.29) is 29.0 Å². The molecule has 0 bridgehead atoms. The van der Waals surface area contributed by atoms with Crippen molar-refractivity contribution < 1.29 is 22.9 Å². The maximum Gasteiger partial charge on any atom is 0.274 e. The number of hydrogen-bond donors (Lipinski definition) is 2. The Labute approximate surface area is 255 Å². The molecule has 1 fully saturated rings. The maximum absolute atomic E-state index is 13.8. The molecule has 0 saturated carbocycles. The van der Waals surface area contributed by atoms with E-state index in [0.29, 0.717) is 63.8 Å². The second kappa shape index (κ2) is 11.8. The van der Waals surface area contributed by atoms with Crippen LogP contribution in [0.4, 0.5) is 10.1 Å². The van der Waals surface area contributed by atoms with Gasteiger partial charge in [0.05, 0.1) is 35.0 Å². The van der Waals surface area contributed by atoms with Gasteiger partial charge in [-0.2, -0.15) is 9.40 Å². The van der Waals surface area contributed by atoms with Crippen molar-refractivity contribution >= 4 is 50.6 Å². The summed E-state index contributed by atoms with van der Waals surface area (Å²) in [5.41, 5.74) is 2.50. The van der Waals surface area contributed by atoms with Crippen molar-refractivity contribution in [2.24, 2.45) is 0 Å². The molecule has 1 aliphatic heterocycles. The molecule has 0 radical (unpaired) electrons. The van der Waals surface area contributed by atoms with Gasteiger partial charge in [-0.1, -0.05) is 18.2 Å². The molecule has 1 aliphatic rings. The number of anilines is 1. The molecule has 2 N–H and O–H groups in total. The standard InChI is InChI=1S/C32H30FN5O5S/c1-34-31(40)27-24-15-23(25(37(2)44(3)42)16-26(24)43-29(27)18-10-12-20(33)13-11-18)19-7-6-14-38(17-19)32(41)28-21-8-4-5-9-22(21)30(39)36-35-28/h4-5,8-13,15-16,19H,6-7,14,17H2,1-3H3,(H,34,40)(H,36,39)/t19-,44?/m0/s1. The fourth-order valence-electron chi connectivity index (χ4n) is 5.89. The molecule has 2 amide bonds. The first kappa shape index (κ1) is 29.4. The average molecular weight is 616 g/mol. The predicted molar refractivity (Wildman–Crippen MR) is 168 cm³/mol. The van der Waals surface area contributed by atoms with E-state index in [1.54, 1.807) is 65.0 Å². The van der Waals surface area contributed by atoms with Gasteiger partial charge in [0.15, 0.2) is 5.69 Å². The highest BCUT2D eigenvalue weighted by Crippen LogP contribution is 2.42. The number of amides is 2. The van der Waals surface area contributed by atoms with Gasteiger partial charge in [-0.05, 0) is 54.8 Å². The van der Waals surface area contributed by atoms with E-state index in [1.807, 2.05) is 6.07 Å². The van der Waals surface area contributed by atoms with Gasteiger partial charge in [-0.25, -0.2) is 9.49 Å². The summed E-state index contributed by atoms with van der Waals surface area (Å²) in [5, 5.41) is 10.6. The third kappa shape index (κ3) is 5.20. The molecule has 10 nitrogen and oxygen atoms in total. The van der Waals surface area contributed by atoms with Crippen molar-refractivity contribution in [3.05, 3.63) is 93.7 Å². The Balaban J connectivity index is 1.45. The molecule has 12 heteroatoms. The Morgan fingerprint density at radius 2 is 1.86 bits per heavy atom. The number of carbonyl (C=O) groups excluding carboxylic acids is 2. The summed E-state index contributed by atoms with van der Waals surface area (Å²) in [7, 11) is 3.24. The summed E-state index contributed by atoms with van der Waals surface area (Å²) in [4.78, 5) is 41.0. The molecular weight excluding hydrogens is 585 g/mol. The van der Waals surface area contributed by atoms with Crippen LogP contribution in [0, 0.1) is 5.82 Å². The van der Waals surface area contributed by atoms with E-state index in [0.717, 1.165) is 12.0 Å². The third-order valence-electron chi connectivity index (χ3n) is 8.17. The van der Waals surface area contributed by atoms with Crippen LogP contribution in [0.1, 0.15) is 45.2 Å². The minimum Gasteiger partial charge on any atom is -0.593 e. The van der Waals surface area contributed by atoms with Crippen LogP contribution in [0.25, 0.3) is 33.1 Å². The number of likely N-dealkylation sites (tertiary alicyclic amines) is 1. The molecule has 44 heavy (non-hydrogen) atoms. The first-order valence-electron chi connectivity index (χ1n) is 14.1. The molecule has 0 aliphatic carbocycles. The highest BCUT2D eigenvalue weighted by molar-refractivity contribution is 7.92. The lowest BCUT2D eigenvalue weighted by Crippen LogP contribution is -2.40. The van der Waals surface area contributed by atoms with Gasteiger partial charge in [0.1, 0.15) is 23.4 Å². The van der Waals surface area contributed by atoms with Gasteiger partial charge >= 0.3 is 0 Å². The first-order valence-corrected chi connectivity index (χ1v) is 15.6. The molecule has 2 aromatic heterocycles. The SMILES string of the molecule is CNC(=O)c1c(-c2ccc(F)cc2)oc2cc(N(C)[S+](C)[O-])c([C@H]3CCCN(C(=O)c4n[nH]c(=O)c5ccccc45)C3)cc12. The van der Waals surface area contributed by atoms with Crippen LogP contribution in [0.15, 0.2) is 69.9 Å². The molecular formula is C32H30FN5O5S. The summed E-state index contributed by atoms with van der Waals surface area (Å²) in [6.07, 6.45) is 3.01. The minimum atomic E-state index is -1.39. The number of rotatable bonds is 6. The largest absolute Gasteiger partial charge is 0.593 e. The molecule has 226 valence electrons. The van der Waals surface area contributed by atoms with Gasteiger partial charge in [-0.15, -0.1) is 0 Å². The number of piperidine rings is 1. The fourth-order valence-corrected chi connectivity index (χ4v) is 6.32. The smallest absolute Gasteiger partial charge is 0.274 e. The zero-order valence-electron chi connectivity index (χ0n) is 24.3. The van der Waals surface area contributed by atoms with Crippen LogP contribution in [-0.4, -0.2) is 64.9 Å². The van der Waals surface area contributed by atoms with Crippen LogP contribution < -0.4 is 15.2 Å². The quantitative estimate of drug-likeness (QED) is 0.267. The predicted octanol–water partition coefficient (Wildman–Crippen LogP) is 4.58. The molecule has 3 heterocycles. The Morgan fingerprint density at radius 1 is 1.14 bits per heavy atom. The van der Waals surface area contributed by atoms with Crippen LogP contribution in [0.2, 0.25) is 0 Å². The maximum atomic E-state index is 13.8. The Kier molecular flexibility index (Phi) is 7.87. The van der Waals surface area contributed by atoms with E-state index in [1.165, 1.54) is 19.2 Å². The molecule has 0 spiro atoms. The summed E-state index contributed by atoms with van der Waals surface area (Å²) >= 11 is -1.39. The Bertz CT molecular complexity index is 1960.